The van der Waals surface area contributed by atoms with Crippen molar-refractivity contribution >= 4 is 51.0 Å². The molecule has 0 saturated heterocycles. The Morgan fingerprint density at radius 3 is 2.20 bits per heavy atom. The van der Waals surface area contributed by atoms with Gasteiger partial charge in [0.15, 0.2) is 6.61 Å². The standard InChI is InChI=1S/C32H31ClN4O6S/c1-22-4-16-29(17-5-22)44(40,41)37(30-18-25(33)9-6-23(30)2)20-31(38)36-34-19-24-7-12-28(13-8-24)43-21-32(39)35-26-10-14-27(42-3)15-11-26/h4-19H,20-21H2,1-3H3,(H,35,39)(H,36,38)/b34-19-. The van der Waals surface area contributed by atoms with Gasteiger partial charge < -0.3 is 14.8 Å². The molecule has 0 atom stereocenters. The summed E-state index contributed by atoms with van der Waals surface area (Å²) in [5.41, 5.74) is 5.44. The molecule has 0 radical (unpaired) electrons. The smallest absolute Gasteiger partial charge is 0.264 e. The first-order valence-electron chi connectivity index (χ1n) is 13.4. The van der Waals surface area contributed by atoms with E-state index in [0.29, 0.717) is 33.3 Å². The lowest BCUT2D eigenvalue weighted by Crippen LogP contribution is -2.40. The van der Waals surface area contributed by atoms with Crippen LogP contribution in [0.2, 0.25) is 5.02 Å². The Morgan fingerprint density at radius 2 is 1.55 bits per heavy atom. The van der Waals surface area contributed by atoms with E-state index in [1.54, 1.807) is 86.8 Å². The van der Waals surface area contributed by atoms with E-state index in [0.717, 1.165) is 9.87 Å². The van der Waals surface area contributed by atoms with Crippen LogP contribution in [0, 0.1) is 13.8 Å². The van der Waals surface area contributed by atoms with Gasteiger partial charge in [0.25, 0.3) is 21.8 Å². The normalized spacial score (nSPS) is 11.2. The fourth-order valence-corrected chi connectivity index (χ4v) is 5.65. The number of carbonyl (C=O) groups is 2. The molecule has 0 fully saturated rings. The average Bonchev–Trinajstić information content (AvgIpc) is 3.01. The van der Waals surface area contributed by atoms with Gasteiger partial charge in [-0.15, -0.1) is 0 Å². The third kappa shape index (κ3) is 8.59. The van der Waals surface area contributed by atoms with Gasteiger partial charge in [0.2, 0.25) is 0 Å². The van der Waals surface area contributed by atoms with Crippen molar-refractivity contribution in [3.8, 4) is 11.5 Å². The zero-order chi connectivity index (χ0) is 31.7. The monoisotopic (exact) mass is 634 g/mol. The van der Waals surface area contributed by atoms with Gasteiger partial charge in [-0.2, -0.15) is 5.10 Å². The maximum Gasteiger partial charge on any atom is 0.264 e. The zero-order valence-electron chi connectivity index (χ0n) is 24.3. The summed E-state index contributed by atoms with van der Waals surface area (Å²) in [5.74, 6) is 0.169. The Labute approximate surface area is 261 Å². The van der Waals surface area contributed by atoms with E-state index in [1.165, 1.54) is 24.4 Å². The minimum Gasteiger partial charge on any atom is -0.497 e. The Morgan fingerprint density at radius 1 is 0.886 bits per heavy atom. The van der Waals surface area contributed by atoms with Crippen LogP contribution in [-0.4, -0.2) is 46.7 Å². The number of sulfonamides is 1. The molecule has 0 aliphatic carbocycles. The van der Waals surface area contributed by atoms with E-state index in [4.69, 9.17) is 21.1 Å². The number of amides is 2. The van der Waals surface area contributed by atoms with Crippen LogP contribution < -0.4 is 24.5 Å². The average molecular weight is 635 g/mol. The van der Waals surface area contributed by atoms with Crippen LogP contribution in [0.5, 0.6) is 11.5 Å². The van der Waals surface area contributed by atoms with E-state index in [1.807, 2.05) is 6.92 Å². The summed E-state index contributed by atoms with van der Waals surface area (Å²) in [6.45, 7) is 2.87. The van der Waals surface area contributed by atoms with Gasteiger partial charge in [0.05, 0.1) is 23.9 Å². The van der Waals surface area contributed by atoms with Crippen LogP contribution in [0.1, 0.15) is 16.7 Å². The van der Waals surface area contributed by atoms with E-state index in [-0.39, 0.29) is 23.1 Å². The minimum atomic E-state index is -4.11. The van der Waals surface area contributed by atoms with Crippen molar-refractivity contribution in [2.45, 2.75) is 18.7 Å². The molecular weight excluding hydrogens is 604 g/mol. The predicted octanol–water partition coefficient (Wildman–Crippen LogP) is 5.33. The number of nitrogens with zero attached hydrogens (tertiary/aromatic N) is 2. The SMILES string of the molecule is COc1ccc(NC(=O)COc2ccc(/C=N\NC(=O)CN(c3cc(Cl)ccc3C)S(=O)(=O)c3ccc(C)cc3)cc2)cc1. The number of hydrogen-bond acceptors (Lipinski definition) is 7. The van der Waals surface area contributed by atoms with Crippen molar-refractivity contribution in [1.29, 1.82) is 0 Å². The van der Waals surface area contributed by atoms with Gasteiger partial charge in [-0.25, -0.2) is 13.8 Å². The molecule has 12 heteroatoms. The summed E-state index contributed by atoms with van der Waals surface area (Å²) in [7, 11) is -2.54. The number of methoxy groups -OCH3 is 1. The third-order valence-corrected chi connectivity index (χ3v) is 8.37. The van der Waals surface area contributed by atoms with Crippen LogP contribution in [0.4, 0.5) is 11.4 Å². The van der Waals surface area contributed by atoms with Crippen molar-refractivity contribution in [3.05, 3.63) is 113 Å². The molecule has 10 nitrogen and oxygen atoms in total. The number of aryl methyl sites for hydroxylation is 2. The first-order valence-corrected chi connectivity index (χ1v) is 15.2. The highest BCUT2D eigenvalue weighted by atomic mass is 35.5. The summed E-state index contributed by atoms with van der Waals surface area (Å²) in [5, 5.41) is 7.04. The minimum absolute atomic E-state index is 0.0410. The van der Waals surface area contributed by atoms with Crippen molar-refractivity contribution in [3.63, 3.8) is 0 Å². The van der Waals surface area contributed by atoms with Gasteiger partial charge in [0, 0.05) is 10.7 Å². The highest BCUT2D eigenvalue weighted by Gasteiger charge is 2.28. The molecule has 2 amide bonds. The zero-order valence-corrected chi connectivity index (χ0v) is 25.9. The van der Waals surface area contributed by atoms with Crippen LogP contribution in [-0.2, 0) is 19.6 Å². The largest absolute Gasteiger partial charge is 0.497 e. The number of benzene rings is 4. The lowest BCUT2D eigenvalue weighted by atomic mass is 10.2. The second-order valence-corrected chi connectivity index (χ2v) is 12.0. The molecule has 0 aliphatic rings. The first kappa shape index (κ1) is 32.1. The summed E-state index contributed by atoms with van der Waals surface area (Å²) in [6, 6.07) is 24.8. The van der Waals surface area contributed by atoms with E-state index >= 15 is 0 Å². The highest BCUT2D eigenvalue weighted by Crippen LogP contribution is 2.29. The first-order chi connectivity index (χ1) is 21.0. The number of nitrogens with one attached hydrogen (secondary N) is 2. The maximum atomic E-state index is 13.6. The fraction of sp³-hybridized carbons (Fsp3) is 0.156. The number of anilines is 2. The van der Waals surface area contributed by atoms with Crippen LogP contribution in [0.25, 0.3) is 0 Å². The molecule has 4 aromatic carbocycles. The third-order valence-electron chi connectivity index (χ3n) is 6.36. The molecule has 0 spiro atoms. The fourth-order valence-electron chi connectivity index (χ4n) is 4.00. The number of carbonyl (C=O) groups excluding carboxylic acids is 2. The Kier molecular flexibility index (Phi) is 10.6. The summed E-state index contributed by atoms with van der Waals surface area (Å²) in [6.07, 6.45) is 1.40. The molecule has 44 heavy (non-hydrogen) atoms. The van der Waals surface area contributed by atoms with Crippen LogP contribution in [0.15, 0.2) is 101 Å². The van der Waals surface area contributed by atoms with Crippen molar-refractivity contribution < 1.29 is 27.5 Å². The molecule has 228 valence electrons. The molecule has 4 aromatic rings. The lowest BCUT2D eigenvalue weighted by molar-refractivity contribution is -0.119. The van der Waals surface area contributed by atoms with Gasteiger partial charge in [-0.1, -0.05) is 35.4 Å². The quantitative estimate of drug-likeness (QED) is 0.160. The van der Waals surface area contributed by atoms with Gasteiger partial charge >= 0.3 is 0 Å². The lowest BCUT2D eigenvalue weighted by Gasteiger charge is -2.25. The maximum absolute atomic E-state index is 13.6. The second kappa shape index (κ2) is 14.5. The molecule has 0 heterocycles. The van der Waals surface area contributed by atoms with Crippen LogP contribution >= 0.6 is 11.6 Å². The van der Waals surface area contributed by atoms with Crippen molar-refractivity contribution in [2.24, 2.45) is 5.10 Å². The summed E-state index contributed by atoms with van der Waals surface area (Å²) >= 11 is 6.18. The number of rotatable bonds is 12. The van der Waals surface area contributed by atoms with E-state index in [9.17, 15) is 18.0 Å². The molecule has 0 unspecified atom stereocenters. The molecule has 0 aliphatic heterocycles. The van der Waals surface area contributed by atoms with Gasteiger partial charge in [-0.05, 0) is 97.8 Å². The van der Waals surface area contributed by atoms with Crippen molar-refractivity contribution in [2.75, 3.05) is 29.9 Å². The number of hydrazone groups is 1. The highest BCUT2D eigenvalue weighted by molar-refractivity contribution is 7.92. The predicted molar refractivity (Wildman–Crippen MR) is 171 cm³/mol. The number of ether oxygens (including phenoxy) is 2. The molecular formula is C32H31ClN4O6S. The van der Waals surface area contributed by atoms with Crippen LogP contribution in [0.3, 0.4) is 0 Å². The van der Waals surface area contributed by atoms with Crippen molar-refractivity contribution in [1.82, 2.24) is 5.43 Å². The Balaban J connectivity index is 1.36. The Bertz CT molecular complexity index is 1740. The van der Waals surface area contributed by atoms with Gasteiger partial charge in [0.1, 0.15) is 18.0 Å². The summed E-state index contributed by atoms with van der Waals surface area (Å²) in [4.78, 5) is 25.1. The molecule has 0 bridgehead atoms. The molecule has 4 rings (SSSR count). The van der Waals surface area contributed by atoms with E-state index in [2.05, 4.69) is 15.8 Å². The second-order valence-electron chi connectivity index (χ2n) is 9.68. The molecule has 0 saturated carbocycles. The summed E-state index contributed by atoms with van der Waals surface area (Å²) < 4.78 is 38.9. The molecule has 0 aromatic heterocycles. The number of hydrogen-bond donors (Lipinski definition) is 2. The van der Waals surface area contributed by atoms with Gasteiger partial charge in [-0.3, -0.25) is 13.9 Å². The van der Waals surface area contributed by atoms with E-state index < -0.39 is 22.5 Å². The molecule has 2 N–H and O–H groups in total. The Hall–Kier alpha value is -4.87. The number of halogens is 1. The topological polar surface area (TPSA) is 126 Å².